The van der Waals surface area contributed by atoms with Crippen LogP contribution in [0.3, 0.4) is 0 Å². The quantitative estimate of drug-likeness (QED) is 0.302. The van der Waals surface area contributed by atoms with Crippen molar-refractivity contribution in [1.82, 2.24) is 4.98 Å². The van der Waals surface area contributed by atoms with E-state index in [-0.39, 0.29) is 17.4 Å². The second-order valence-electron chi connectivity index (χ2n) is 7.68. The Morgan fingerprint density at radius 1 is 1.09 bits per heavy atom. The van der Waals surface area contributed by atoms with E-state index >= 15 is 0 Å². The molecule has 1 aliphatic heterocycles. The van der Waals surface area contributed by atoms with Gasteiger partial charge in [-0.2, -0.15) is 0 Å². The first kappa shape index (κ1) is 22.5. The molecule has 1 fully saturated rings. The third-order valence-corrected chi connectivity index (χ3v) is 5.85. The van der Waals surface area contributed by atoms with Crippen LogP contribution in [0.1, 0.15) is 37.9 Å². The van der Waals surface area contributed by atoms with Crippen LogP contribution in [-0.2, 0) is 9.59 Å². The van der Waals surface area contributed by atoms with E-state index in [4.69, 9.17) is 9.47 Å². The van der Waals surface area contributed by atoms with E-state index < -0.39 is 17.7 Å². The molecule has 8 heteroatoms. The summed E-state index contributed by atoms with van der Waals surface area (Å²) >= 11 is 1.25. The van der Waals surface area contributed by atoms with Crippen molar-refractivity contribution in [1.29, 1.82) is 0 Å². The number of amides is 1. The number of thiazole rings is 1. The molecule has 1 aliphatic rings. The number of aromatic nitrogens is 1. The second kappa shape index (κ2) is 9.46. The van der Waals surface area contributed by atoms with Gasteiger partial charge in [0, 0.05) is 17.1 Å². The number of aliphatic hydroxyl groups is 1. The summed E-state index contributed by atoms with van der Waals surface area (Å²) in [4.78, 5) is 31.7. The number of aliphatic hydroxyl groups excluding tert-OH is 1. The Labute approximate surface area is 195 Å². The highest BCUT2D eigenvalue weighted by Gasteiger charge is 2.47. The lowest BCUT2D eigenvalue weighted by Gasteiger charge is -2.23. The van der Waals surface area contributed by atoms with Crippen LogP contribution in [0.25, 0.3) is 5.76 Å². The van der Waals surface area contributed by atoms with Gasteiger partial charge in [0.2, 0.25) is 0 Å². The molecule has 2 heterocycles. The lowest BCUT2D eigenvalue weighted by molar-refractivity contribution is -0.132. The highest BCUT2D eigenvalue weighted by Crippen LogP contribution is 2.43. The zero-order chi connectivity index (χ0) is 23.5. The number of carbonyl (C=O) groups is 2. The fourth-order valence-corrected chi connectivity index (χ4v) is 4.38. The van der Waals surface area contributed by atoms with Gasteiger partial charge in [-0.05, 0) is 62.7 Å². The number of anilines is 1. The molecule has 1 saturated heterocycles. The van der Waals surface area contributed by atoms with E-state index in [1.807, 2.05) is 20.8 Å². The number of nitrogens with zero attached hydrogens (tertiary/aromatic N) is 2. The van der Waals surface area contributed by atoms with Crippen LogP contribution in [-0.4, -0.2) is 34.5 Å². The maximum Gasteiger partial charge on any atom is 0.301 e. The summed E-state index contributed by atoms with van der Waals surface area (Å²) < 4.78 is 11.2. The fraction of sp³-hybridized carbons (Fsp3) is 0.240. The predicted octanol–water partition coefficient (Wildman–Crippen LogP) is 4.96. The van der Waals surface area contributed by atoms with E-state index in [0.29, 0.717) is 34.4 Å². The first-order valence-corrected chi connectivity index (χ1v) is 11.5. The average molecular weight is 465 g/mol. The number of hydrogen-bond acceptors (Lipinski definition) is 7. The third-order valence-electron chi connectivity index (χ3n) is 5.08. The molecule has 4 rings (SSSR count). The average Bonchev–Trinajstić information content (AvgIpc) is 3.41. The molecule has 0 radical (unpaired) electrons. The zero-order valence-corrected chi connectivity index (χ0v) is 19.3. The molecular weight excluding hydrogens is 440 g/mol. The SMILES string of the molecule is CCOc1ccc(C2/C(=C(/O)c3ccc(OC(C)C)cc3)C(=O)C(=O)N2c2nccs2)cc1. The molecule has 1 aromatic heterocycles. The number of ketones is 1. The molecule has 1 unspecified atom stereocenters. The Morgan fingerprint density at radius 2 is 1.76 bits per heavy atom. The van der Waals surface area contributed by atoms with Gasteiger partial charge in [-0.25, -0.2) is 4.98 Å². The minimum Gasteiger partial charge on any atom is -0.507 e. The predicted molar refractivity (Wildman–Crippen MR) is 127 cm³/mol. The Balaban J connectivity index is 1.81. The standard InChI is InChI=1S/C25H24N2O5S/c1-4-31-18-9-5-16(6-10-18)21-20(23(29)24(30)27(21)25-26-13-14-33-25)22(28)17-7-11-19(12-8-17)32-15(2)3/h5-15,21,28H,4H2,1-3H3/b22-20-. The number of benzene rings is 2. The monoisotopic (exact) mass is 464 g/mol. The molecule has 2 aromatic carbocycles. The molecule has 0 saturated carbocycles. The van der Waals surface area contributed by atoms with Crippen LogP contribution in [0.4, 0.5) is 5.13 Å². The summed E-state index contributed by atoms with van der Waals surface area (Å²) in [5, 5.41) is 13.3. The molecule has 3 aromatic rings. The van der Waals surface area contributed by atoms with E-state index in [0.717, 1.165) is 0 Å². The van der Waals surface area contributed by atoms with Gasteiger partial charge in [-0.1, -0.05) is 12.1 Å². The van der Waals surface area contributed by atoms with Gasteiger partial charge >= 0.3 is 5.91 Å². The topological polar surface area (TPSA) is 89.0 Å². The van der Waals surface area contributed by atoms with E-state index in [1.165, 1.54) is 16.2 Å². The second-order valence-corrected chi connectivity index (χ2v) is 8.55. The normalized spacial score (nSPS) is 17.6. The molecule has 1 amide bonds. The first-order valence-electron chi connectivity index (χ1n) is 10.6. The minimum atomic E-state index is -0.821. The smallest absolute Gasteiger partial charge is 0.301 e. The van der Waals surface area contributed by atoms with E-state index in [1.54, 1.807) is 60.1 Å². The molecule has 0 bridgehead atoms. The Bertz CT molecular complexity index is 1170. The number of rotatable bonds is 7. The van der Waals surface area contributed by atoms with Gasteiger partial charge in [0.15, 0.2) is 5.13 Å². The number of carbonyl (C=O) groups excluding carboxylic acids is 2. The molecule has 7 nitrogen and oxygen atoms in total. The van der Waals surface area contributed by atoms with Crippen molar-refractivity contribution >= 4 is 33.9 Å². The molecule has 170 valence electrons. The maximum absolute atomic E-state index is 13.1. The van der Waals surface area contributed by atoms with E-state index in [9.17, 15) is 14.7 Å². The number of ether oxygens (including phenoxy) is 2. The van der Waals surface area contributed by atoms with Crippen molar-refractivity contribution in [2.24, 2.45) is 0 Å². The third kappa shape index (κ3) is 4.47. The van der Waals surface area contributed by atoms with Crippen molar-refractivity contribution < 1.29 is 24.2 Å². The van der Waals surface area contributed by atoms with Crippen LogP contribution in [0, 0.1) is 0 Å². The largest absolute Gasteiger partial charge is 0.507 e. The molecule has 1 N–H and O–H groups in total. The summed E-state index contributed by atoms with van der Waals surface area (Å²) in [6.45, 7) is 6.26. The van der Waals surface area contributed by atoms with Gasteiger partial charge in [0.25, 0.3) is 5.78 Å². The van der Waals surface area contributed by atoms with Crippen LogP contribution >= 0.6 is 11.3 Å². The van der Waals surface area contributed by atoms with Crippen LogP contribution in [0.15, 0.2) is 65.7 Å². The highest BCUT2D eigenvalue weighted by atomic mass is 32.1. The van der Waals surface area contributed by atoms with Gasteiger partial charge in [0.1, 0.15) is 17.3 Å². The van der Waals surface area contributed by atoms with Crippen molar-refractivity contribution in [3.63, 3.8) is 0 Å². The molecule has 0 spiro atoms. The van der Waals surface area contributed by atoms with Gasteiger partial charge in [-0.3, -0.25) is 14.5 Å². The maximum atomic E-state index is 13.1. The van der Waals surface area contributed by atoms with Crippen molar-refractivity contribution in [3.05, 3.63) is 76.8 Å². The lowest BCUT2D eigenvalue weighted by Crippen LogP contribution is -2.29. The minimum absolute atomic E-state index is 0.00715. The lowest BCUT2D eigenvalue weighted by atomic mass is 9.95. The summed E-state index contributed by atoms with van der Waals surface area (Å²) in [5.74, 6) is -0.419. The molecule has 0 aliphatic carbocycles. The molecular formula is C25H24N2O5S. The van der Waals surface area contributed by atoms with Crippen LogP contribution < -0.4 is 14.4 Å². The number of Topliss-reactive ketones (excluding diaryl/α,β-unsaturated/α-hetero) is 1. The van der Waals surface area contributed by atoms with Crippen molar-refractivity contribution in [2.45, 2.75) is 32.9 Å². The van der Waals surface area contributed by atoms with Gasteiger partial charge in [-0.15, -0.1) is 11.3 Å². The fourth-order valence-electron chi connectivity index (χ4n) is 3.71. The van der Waals surface area contributed by atoms with Gasteiger partial charge in [0.05, 0.1) is 24.3 Å². The van der Waals surface area contributed by atoms with Crippen molar-refractivity contribution in [3.8, 4) is 11.5 Å². The number of hydrogen-bond donors (Lipinski definition) is 1. The summed E-state index contributed by atoms with van der Waals surface area (Å²) in [6, 6.07) is 13.1. The van der Waals surface area contributed by atoms with E-state index in [2.05, 4.69) is 4.98 Å². The van der Waals surface area contributed by atoms with Crippen molar-refractivity contribution in [2.75, 3.05) is 11.5 Å². The summed E-state index contributed by atoms with van der Waals surface area (Å²) in [7, 11) is 0. The van der Waals surface area contributed by atoms with Crippen LogP contribution in [0.5, 0.6) is 11.5 Å². The molecule has 1 atom stereocenters. The summed E-state index contributed by atoms with van der Waals surface area (Å²) in [6.07, 6.45) is 1.58. The Morgan fingerprint density at radius 3 is 2.33 bits per heavy atom. The Hall–Kier alpha value is -3.65. The van der Waals surface area contributed by atoms with Crippen LogP contribution in [0.2, 0.25) is 0 Å². The summed E-state index contributed by atoms with van der Waals surface area (Å²) in [5.41, 5.74) is 1.09. The Kier molecular flexibility index (Phi) is 6.46. The highest BCUT2D eigenvalue weighted by molar-refractivity contribution is 7.14. The van der Waals surface area contributed by atoms with Gasteiger partial charge < -0.3 is 14.6 Å². The molecule has 33 heavy (non-hydrogen) atoms. The zero-order valence-electron chi connectivity index (χ0n) is 18.5. The first-order chi connectivity index (χ1) is 15.9.